The molecule has 0 unspecified atom stereocenters. The van der Waals surface area contributed by atoms with Crippen molar-refractivity contribution < 1.29 is 4.79 Å². The lowest BCUT2D eigenvalue weighted by Gasteiger charge is -2.21. The Morgan fingerprint density at radius 2 is 1.94 bits per heavy atom. The normalized spacial score (nSPS) is 10.1. The maximum absolute atomic E-state index is 12.5. The summed E-state index contributed by atoms with van der Waals surface area (Å²) in [5.74, 6) is -0.00528. The van der Waals surface area contributed by atoms with Gasteiger partial charge in [0.1, 0.15) is 0 Å². The van der Waals surface area contributed by atoms with E-state index in [2.05, 4.69) is 4.98 Å². The maximum atomic E-state index is 12.5. The number of hydrogen-bond acceptors (Lipinski definition) is 2. The Bertz CT molecular complexity index is 537. The summed E-state index contributed by atoms with van der Waals surface area (Å²) in [4.78, 5) is 18.3. The summed E-state index contributed by atoms with van der Waals surface area (Å²) in [5, 5.41) is 0. The minimum atomic E-state index is -0.00528. The summed E-state index contributed by atoms with van der Waals surface area (Å²) in [6.45, 7) is 4.53. The summed E-state index contributed by atoms with van der Waals surface area (Å²) in [6, 6.07) is 11.5. The van der Waals surface area contributed by atoms with E-state index < -0.39 is 0 Å². The van der Waals surface area contributed by atoms with Gasteiger partial charge in [0, 0.05) is 24.6 Å². The van der Waals surface area contributed by atoms with Crippen molar-refractivity contribution in [3.8, 4) is 0 Å². The van der Waals surface area contributed by atoms with Gasteiger partial charge in [-0.25, -0.2) is 0 Å². The van der Waals surface area contributed by atoms with Gasteiger partial charge in [0.05, 0.1) is 5.56 Å². The molecule has 0 aliphatic rings. The molecule has 0 atom stereocenters. The summed E-state index contributed by atoms with van der Waals surface area (Å²) >= 11 is 0. The topological polar surface area (TPSA) is 33.2 Å². The molecule has 0 bridgehead atoms. The molecule has 0 radical (unpaired) electrons. The Morgan fingerprint density at radius 1 is 1.22 bits per heavy atom. The molecule has 0 aliphatic heterocycles. The van der Waals surface area contributed by atoms with Crippen molar-refractivity contribution in [1.29, 1.82) is 0 Å². The predicted molar refractivity (Wildman–Crippen MR) is 72.8 cm³/mol. The molecule has 0 aliphatic carbocycles. The van der Waals surface area contributed by atoms with Crippen molar-refractivity contribution in [2.75, 3.05) is 11.4 Å². The van der Waals surface area contributed by atoms with Crippen LogP contribution in [0.15, 0.2) is 48.8 Å². The van der Waals surface area contributed by atoms with Gasteiger partial charge in [-0.05, 0) is 37.6 Å². The van der Waals surface area contributed by atoms with Crippen LogP contribution in [0.5, 0.6) is 0 Å². The number of anilines is 1. The molecule has 0 fully saturated rings. The monoisotopic (exact) mass is 240 g/mol. The molecule has 1 aromatic carbocycles. The van der Waals surface area contributed by atoms with Crippen molar-refractivity contribution >= 4 is 11.6 Å². The highest BCUT2D eigenvalue weighted by Gasteiger charge is 2.17. The minimum absolute atomic E-state index is 0.00528. The van der Waals surface area contributed by atoms with Gasteiger partial charge in [-0.15, -0.1) is 0 Å². The van der Waals surface area contributed by atoms with Crippen LogP contribution in [0.25, 0.3) is 0 Å². The summed E-state index contributed by atoms with van der Waals surface area (Å²) in [5.41, 5.74) is 2.51. The van der Waals surface area contributed by atoms with Crippen molar-refractivity contribution in [1.82, 2.24) is 4.98 Å². The van der Waals surface area contributed by atoms with Crippen LogP contribution in [-0.2, 0) is 0 Å². The molecule has 1 aromatic heterocycles. The van der Waals surface area contributed by atoms with Gasteiger partial charge in [0.15, 0.2) is 0 Å². The first kappa shape index (κ1) is 12.3. The summed E-state index contributed by atoms with van der Waals surface area (Å²) in [6.07, 6.45) is 3.33. The fourth-order valence-electron chi connectivity index (χ4n) is 1.88. The highest BCUT2D eigenvalue weighted by molar-refractivity contribution is 6.06. The number of para-hydroxylation sites is 1. The fourth-order valence-corrected chi connectivity index (χ4v) is 1.88. The van der Waals surface area contributed by atoms with E-state index in [0.29, 0.717) is 12.1 Å². The first-order valence-electron chi connectivity index (χ1n) is 6.01. The van der Waals surface area contributed by atoms with Gasteiger partial charge in [-0.1, -0.05) is 18.2 Å². The molecular formula is C15H16N2O. The first-order valence-corrected chi connectivity index (χ1v) is 6.01. The molecule has 0 saturated heterocycles. The Balaban J connectivity index is 2.35. The predicted octanol–water partition coefficient (Wildman–Crippen LogP) is 3.06. The second kappa shape index (κ2) is 5.45. The van der Waals surface area contributed by atoms with E-state index in [9.17, 15) is 4.79 Å². The van der Waals surface area contributed by atoms with Crippen LogP contribution in [0.4, 0.5) is 5.69 Å². The highest BCUT2D eigenvalue weighted by atomic mass is 16.2. The Labute approximate surface area is 107 Å². The second-order valence-electron chi connectivity index (χ2n) is 4.08. The van der Waals surface area contributed by atoms with Crippen LogP contribution in [-0.4, -0.2) is 17.4 Å². The third-order valence-corrected chi connectivity index (χ3v) is 2.90. The number of carbonyl (C=O) groups is 1. The smallest absolute Gasteiger partial charge is 0.260 e. The molecule has 2 rings (SSSR count). The molecule has 1 heterocycles. The van der Waals surface area contributed by atoms with Gasteiger partial charge in [-0.3, -0.25) is 9.78 Å². The zero-order valence-corrected chi connectivity index (χ0v) is 10.6. The Morgan fingerprint density at radius 3 is 2.56 bits per heavy atom. The van der Waals surface area contributed by atoms with E-state index >= 15 is 0 Å². The quantitative estimate of drug-likeness (QED) is 0.826. The van der Waals surface area contributed by atoms with Crippen LogP contribution in [0.1, 0.15) is 22.8 Å². The maximum Gasteiger partial charge on any atom is 0.260 e. The van der Waals surface area contributed by atoms with Gasteiger partial charge in [0.25, 0.3) is 5.91 Å². The summed E-state index contributed by atoms with van der Waals surface area (Å²) < 4.78 is 0. The van der Waals surface area contributed by atoms with E-state index in [4.69, 9.17) is 0 Å². The molecule has 3 heteroatoms. The minimum Gasteiger partial charge on any atom is -0.309 e. The van der Waals surface area contributed by atoms with Crippen molar-refractivity contribution in [2.45, 2.75) is 13.8 Å². The number of aryl methyl sites for hydroxylation is 1. The van der Waals surface area contributed by atoms with Crippen LogP contribution in [0, 0.1) is 6.92 Å². The number of pyridine rings is 1. The SMILES string of the molecule is CCN(C(=O)c1cnccc1C)c1ccccc1. The Hall–Kier alpha value is -2.16. The zero-order chi connectivity index (χ0) is 13.0. The van der Waals surface area contributed by atoms with Crippen molar-refractivity contribution in [3.63, 3.8) is 0 Å². The lowest BCUT2D eigenvalue weighted by atomic mass is 10.1. The molecular weight excluding hydrogens is 224 g/mol. The Kier molecular flexibility index (Phi) is 3.72. The average molecular weight is 240 g/mol. The molecule has 18 heavy (non-hydrogen) atoms. The standard InChI is InChI=1S/C15H16N2O/c1-3-17(13-7-5-4-6-8-13)15(18)14-11-16-10-9-12(14)2/h4-11H,3H2,1-2H3. The number of nitrogens with zero attached hydrogens (tertiary/aromatic N) is 2. The van der Waals surface area contributed by atoms with E-state index in [1.807, 2.05) is 50.2 Å². The number of hydrogen-bond donors (Lipinski definition) is 0. The molecule has 92 valence electrons. The van der Waals surface area contributed by atoms with Gasteiger partial charge in [-0.2, -0.15) is 0 Å². The number of rotatable bonds is 3. The van der Waals surface area contributed by atoms with E-state index in [1.54, 1.807) is 17.3 Å². The van der Waals surface area contributed by atoms with Crippen LogP contribution >= 0.6 is 0 Å². The number of amides is 1. The zero-order valence-electron chi connectivity index (χ0n) is 10.6. The molecule has 2 aromatic rings. The van der Waals surface area contributed by atoms with E-state index in [-0.39, 0.29) is 5.91 Å². The number of aromatic nitrogens is 1. The molecule has 3 nitrogen and oxygen atoms in total. The lowest BCUT2D eigenvalue weighted by molar-refractivity contribution is 0.0987. The van der Waals surface area contributed by atoms with E-state index in [1.165, 1.54) is 0 Å². The van der Waals surface area contributed by atoms with Crippen LogP contribution in [0.2, 0.25) is 0 Å². The first-order chi connectivity index (χ1) is 8.74. The number of carbonyl (C=O) groups excluding carboxylic acids is 1. The van der Waals surface area contributed by atoms with E-state index in [0.717, 1.165) is 11.3 Å². The van der Waals surface area contributed by atoms with Crippen LogP contribution < -0.4 is 4.90 Å². The second-order valence-corrected chi connectivity index (χ2v) is 4.08. The van der Waals surface area contributed by atoms with Gasteiger partial charge < -0.3 is 4.90 Å². The molecule has 0 N–H and O–H groups in total. The molecule has 0 saturated carbocycles. The summed E-state index contributed by atoms with van der Waals surface area (Å²) in [7, 11) is 0. The average Bonchev–Trinajstić information content (AvgIpc) is 2.41. The third-order valence-electron chi connectivity index (χ3n) is 2.90. The van der Waals surface area contributed by atoms with Gasteiger partial charge >= 0.3 is 0 Å². The number of benzene rings is 1. The third kappa shape index (κ3) is 2.40. The fraction of sp³-hybridized carbons (Fsp3) is 0.200. The van der Waals surface area contributed by atoms with Gasteiger partial charge in [0.2, 0.25) is 0 Å². The molecule has 1 amide bonds. The highest BCUT2D eigenvalue weighted by Crippen LogP contribution is 2.17. The van der Waals surface area contributed by atoms with Crippen molar-refractivity contribution in [2.24, 2.45) is 0 Å². The largest absolute Gasteiger partial charge is 0.309 e. The lowest BCUT2D eigenvalue weighted by Crippen LogP contribution is -2.31. The van der Waals surface area contributed by atoms with Crippen LogP contribution in [0.3, 0.4) is 0 Å². The molecule has 0 spiro atoms. The van der Waals surface area contributed by atoms with Crippen molar-refractivity contribution in [3.05, 3.63) is 59.9 Å².